The molecule has 5 heteroatoms. The SMILES string of the molecule is O=C(OCOc1ccc2c(c1)[C@]13CCCC[C@@H]1[C@H](C2)NCC3)OCC1CC1. The quantitative estimate of drug-likeness (QED) is 0.628. The molecule has 1 aromatic rings. The molecule has 0 spiro atoms. The maximum atomic E-state index is 11.6. The van der Waals surface area contributed by atoms with Gasteiger partial charge in [0.1, 0.15) is 5.75 Å². The number of hydrogen-bond acceptors (Lipinski definition) is 5. The Hall–Kier alpha value is -1.75. The molecule has 5 rings (SSSR count). The van der Waals surface area contributed by atoms with Gasteiger partial charge in [-0.15, -0.1) is 0 Å². The molecule has 1 saturated heterocycles. The first-order valence-corrected chi connectivity index (χ1v) is 10.5. The first kappa shape index (κ1) is 17.4. The van der Waals surface area contributed by atoms with Crippen molar-refractivity contribution in [1.82, 2.24) is 5.32 Å². The summed E-state index contributed by atoms with van der Waals surface area (Å²) in [6.45, 7) is 1.49. The van der Waals surface area contributed by atoms with E-state index in [0.29, 0.717) is 24.0 Å². The van der Waals surface area contributed by atoms with Gasteiger partial charge in [-0.25, -0.2) is 4.79 Å². The molecule has 3 aliphatic carbocycles. The third-order valence-electron chi connectivity index (χ3n) is 7.15. The van der Waals surface area contributed by atoms with Gasteiger partial charge in [-0.1, -0.05) is 18.9 Å². The fourth-order valence-electron chi connectivity index (χ4n) is 5.65. The second-order valence-electron chi connectivity index (χ2n) is 8.75. The van der Waals surface area contributed by atoms with E-state index in [1.54, 1.807) is 0 Å². The molecule has 2 saturated carbocycles. The molecule has 146 valence electrons. The van der Waals surface area contributed by atoms with Crippen LogP contribution in [0.15, 0.2) is 18.2 Å². The lowest BCUT2D eigenvalue weighted by Gasteiger charge is -2.56. The number of fused-ring (bicyclic) bond motifs is 1. The number of ether oxygens (including phenoxy) is 3. The summed E-state index contributed by atoms with van der Waals surface area (Å²) in [6.07, 6.45) is 9.30. The molecule has 5 nitrogen and oxygen atoms in total. The number of rotatable bonds is 5. The van der Waals surface area contributed by atoms with Crippen LogP contribution in [0, 0.1) is 11.8 Å². The lowest BCUT2D eigenvalue weighted by molar-refractivity contribution is 0.00261. The van der Waals surface area contributed by atoms with Crippen molar-refractivity contribution in [2.75, 3.05) is 19.9 Å². The van der Waals surface area contributed by atoms with Crippen molar-refractivity contribution >= 4 is 6.16 Å². The van der Waals surface area contributed by atoms with Crippen LogP contribution in [0.2, 0.25) is 0 Å². The topological polar surface area (TPSA) is 56.8 Å². The van der Waals surface area contributed by atoms with E-state index < -0.39 is 6.16 Å². The largest absolute Gasteiger partial charge is 0.511 e. The van der Waals surface area contributed by atoms with Crippen LogP contribution in [-0.4, -0.2) is 32.1 Å². The van der Waals surface area contributed by atoms with Gasteiger partial charge in [0.15, 0.2) is 0 Å². The monoisotopic (exact) mass is 371 g/mol. The fraction of sp³-hybridized carbons (Fsp3) is 0.682. The number of benzene rings is 1. The number of nitrogens with one attached hydrogen (secondary N) is 1. The highest BCUT2D eigenvalue weighted by Gasteiger charge is 2.51. The summed E-state index contributed by atoms with van der Waals surface area (Å²) >= 11 is 0. The molecule has 1 aliphatic heterocycles. The molecule has 0 radical (unpaired) electrons. The predicted octanol–water partition coefficient (Wildman–Crippen LogP) is 3.93. The minimum Gasteiger partial charge on any atom is -0.457 e. The van der Waals surface area contributed by atoms with Gasteiger partial charge in [0.05, 0.1) is 6.61 Å². The van der Waals surface area contributed by atoms with Crippen molar-refractivity contribution < 1.29 is 19.0 Å². The summed E-state index contributed by atoms with van der Waals surface area (Å²) in [6, 6.07) is 7.06. The van der Waals surface area contributed by atoms with Crippen molar-refractivity contribution in [2.45, 2.75) is 62.8 Å². The maximum Gasteiger partial charge on any atom is 0.511 e. The molecule has 0 unspecified atom stereocenters. The van der Waals surface area contributed by atoms with Gasteiger partial charge in [-0.2, -0.15) is 0 Å². The number of carbonyl (C=O) groups is 1. The van der Waals surface area contributed by atoms with Crippen LogP contribution >= 0.6 is 0 Å². The highest BCUT2D eigenvalue weighted by molar-refractivity contribution is 5.59. The van der Waals surface area contributed by atoms with E-state index >= 15 is 0 Å². The Kier molecular flexibility index (Phi) is 4.50. The molecule has 4 aliphatic rings. The van der Waals surface area contributed by atoms with Crippen LogP contribution in [0.25, 0.3) is 0 Å². The molecule has 27 heavy (non-hydrogen) atoms. The predicted molar refractivity (Wildman–Crippen MR) is 101 cm³/mol. The van der Waals surface area contributed by atoms with Gasteiger partial charge in [0.25, 0.3) is 0 Å². The Morgan fingerprint density at radius 2 is 2.07 bits per heavy atom. The Morgan fingerprint density at radius 3 is 2.96 bits per heavy atom. The van der Waals surface area contributed by atoms with E-state index in [9.17, 15) is 4.79 Å². The van der Waals surface area contributed by atoms with Gasteiger partial charge in [0, 0.05) is 11.5 Å². The average molecular weight is 371 g/mol. The first-order valence-electron chi connectivity index (χ1n) is 10.5. The van der Waals surface area contributed by atoms with E-state index in [1.807, 2.05) is 6.07 Å². The van der Waals surface area contributed by atoms with E-state index in [2.05, 4.69) is 17.4 Å². The molecular formula is C22H29NO4. The van der Waals surface area contributed by atoms with Crippen LogP contribution in [0.5, 0.6) is 5.75 Å². The normalized spacial score (nSPS) is 31.4. The van der Waals surface area contributed by atoms with Crippen molar-refractivity contribution in [3.63, 3.8) is 0 Å². The first-order chi connectivity index (χ1) is 13.2. The average Bonchev–Trinajstić information content (AvgIpc) is 3.51. The fourth-order valence-corrected chi connectivity index (χ4v) is 5.65. The minimum atomic E-state index is -0.632. The van der Waals surface area contributed by atoms with Crippen LogP contribution in [0.4, 0.5) is 4.79 Å². The molecule has 0 amide bonds. The Bertz CT molecular complexity index is 712. The molecule has 0 aromatic heterocycles. The maximum absolute atomic E-state index is 11.6. The van der Waals surface area contributed by atoms with Crippen molar-refractivity contribution in [1.29, 1.82) is 0 Å². The van der Waals surface area contributed by atoms with Gasteiger partial charge in [-0.3, -0.25) is 0 Å². The van der Waals surface area contributed by atoms with Crippen molar-refractivity contribution in [2.24, 2.45) is 11.8 Å². The zero-order valence-electron chi connectivity index (χ0n) is 15.9. The van der Waals surface area contributed by atoms with Gasteiger partial charge >= 0.3 is 6.16 Å². The lowest BCUT2D eigenvalue weighted by atomic mass is 9.53. The molecule has 3 atom stereocenters. The summed E-state index contributed by atoms with van der Waals surface area (Å²) < 4.78 is 15.9. The van der Waals surface area contributed by atoms with E-state index in [0.717, 1.165) is 37.5 Å². The van der Waals surface area contributed by atoms with Crippen molar-refractivity contribution in [3.05, 3.63) is 29.3 Å². The van der Waals surface area contributed by atoms with E-state index in [1.165, 1.54) is 43.2 Å². The smallest absolute Gasteiger partial charge is 0.457 e. The van der Waals surface area contributed by atoms with Gasteiger partial charge < -0.3 is 19.5 Å². The van der Waals surface area contributed by atoms with Crippen molar-refractivity contribution in [3.8, 4) is 5.75 Å². The highest BCUT2D eigenvalue weighted by Crippen LogP contribution is 2.54. The van der Waals surface area contributed by atoms with Gasteiger partial charge in [0.2, 0.25) is 6.79 Å². The molecule has 1 N–H and O–H groups in total. The third-order valence-corrected chi connectivity index (χ3v) is 7.15. The van der Waals surface area contributed by atoms with Crippen LogP contribution in [-0.2, 0) is 21.3 Å². The molecular weight excluding hydrogens is 342 g/mol. The zero-order chi connectivity index (χ0) is 18.3. The Balaban J connectivity index is 1.27. The summed E-state index contributed by atoms with van der Waals surface area (Å²) in [5.41, 5.74) is 3.26. The van der Waals surface area contributed by atoms with Crippen LogP contribution < -0.4 is 10.1 Å². The molecule has 1 aromatic carbocycles. The summed E-state index contributed by atoms with van der Waals surface area (Å²) in [7, 11) is 0. The standard InChI is InChI=1S/C22H29NO4/c24-21(25-13-15-4-5-15)27-14-26-17-7-6-16-11-20-18-3-1-2-8-22(18,9-10-23-20)19(16)12-17/h6-7,12,15,18,20,23H,1-5,8-11,13-14H2/t18-,20+,22+/m1/s1. The highest BCUT2D eigenvalue weighted by atomic mass is 16.8. The molecule has 1 heterocycles. The minimum absolute atomic E-state index is 0.0943. The number of carbonyl (C=O) groups excluding carboxylic acids is 1. The number of hydrogen-bond donors (Lipinski definition) is 1. The Morgan fingerprint density at radius 1 is 1.15 bits per heavy atom. The summed E-state index contributed by atoms with van der Waals surface area (Å²) in [5, 5.41) is 3.77. The molecule has 3 fully saturated rings. The summed E-state index contributed by atoms with van der Waals surface area (Å²) in [5.74, 6) is 2.08. The second-order valence-corrected chi connectivity index (χ2v) is 8.75. The summed E-state index contributed by atoms with van der Waals surface area (Å²) in [4.78, 5) is 11.6. The Labute approximate surface area is 160 Å². The second kappa shape index (κ2) is 7.01. The van der Waals surface area contributed by atoms with E-state index in [-0.39, 0.29) is 6.79 Å². The van der Waals surface area contributed by atoms with E-state index in [4.69, 9.17) is 14.2 Å². The van der Waals surface area contributed by atoms with Crippen LogP contribution in [0.1, 0.15) is 56.1 Å². The van der Waals surface area contributed by atoms with Gasteiger partial charge in [-0.05, 0) is 80.2 Å². The lowest BCUT2D eigenvalue weighted by Crippen LogP contribution is -2.59. The third kappa shape index (κ3) is 3.31. The molecule has 2 bridgehead atoms. The number of piperidine rings is 1. The van der Waals surface area contributed by atoms with Crippen LogP contribution in [0.3, 0.4) is 0 Å². The zero-order valence-corrected chi connectivity index (χ0v) is 15.9.